The second kappa shape index (κ2) is 7.36. The van der Waals surface area contributed by atoms with Crippen LogP contribution in [-0.4, -0.2) is 10.1 Å². The number of rotatable bonds is 2. The Hall–Kier alpha value is -0.730. The second-order valence-electron chi connectivity index (χ2n) is 4.57. The first kappa shape index (κ1) is 21.6. The highest BCUT2D eigenvalue weighted by molar-refractivity contribution is 9.10. The third kappa shape index (κ3) is 4.22. The number of benzene rings is 1. The molecule has 1 heterocycles. The maximum atomic E-state index is 12.8. The molecular weight excluding hydrogens is 516 g/mol. The zero-order valence-corrected chi connectivity index (χ0v) is 16.4. The van der Waals surface area contributed by atoms with Gasteiger partial charge in [0.25, 0.3) is 0 Å². The first-order valence-corrected chi connectivity index (χ1v) is 8.84. The van der Waals surface area contributed by atoms with E-state index in [4.69, 9.17) is 40.1 Å². The van der Waals surface area contributed by atoms with Crippen molar-refractivity contribution in [2.24, 2.45) is 0 Å². The van der Waals surface area contributed by atoms with Crippen molar-refractivity contribution in [3.63, 3.8) is 0 Å². The summed E-state index contributed by atoms with van der Waals surface area (Å²) in [6.45, 7) is 0. The fourth-order valence-corrected chi connectivity index (χ4v) is 4.51. The lowest BCUT2D eigenvalue weighted by atomic mass is 10.2. The molecule has 0 saturated carbocycles. The van der Waals surface area contributed by atoms with Crippen LogP contribution in [0.25, 0.3) is 5.69 Å². The molecule has 0 atom stereocenters. The second-order valence-corrected chi connectivity index (χ2v) is 7.57. The molecule has 0 N–H and O–H groups in total. The number of alkyl halides is 6. The summed E-state index contributed by atoms with van der Waals surface area (Å²) in [5.41, 5.74) is -6.73. The summed E-state index contributed by atoms with van der Waals surface area (Å²) in [4.78, 5) is -0.572. The van der Waals surface area contributed by atoms with E-state index in [1.165, 1.54) is 6.07 Å². The Bertz CT molecular complexity index is 894. The summed E-state index contributed by atoms with van der Waals surface area (Å²) in [7, 11) is 0. The molecule has 26 heavy (non-hydrogen) atoms. The molecule has 2 rings (SSSR count). The minimum atomic E-state index is -4.74. The van der Waals surface area contributed by atoms with Gasteiger partial charge in [-0.1, -0.05) is 34.8 Å². The zero-order valence-electron chi connectivity index (χ0n) is 11.7. The molecule has 0 aliphatic heterocycles. The number of aromatic nitrogens is 1. The van der Waals surface area contributed by atoms with Gasteiger partial charge in [0.05, 0.1) is 26.2 Å². The normalized spacial score (nSPS) is 12.3. The Morgan fingerprint density at radius 1 is 1.04 bits per heavy atom. The Morgan fingerprint density at radius 3 is 1.92 bits per heavy atom. The standard InChI is InChI=1S/C13H2BrCl3F6N2S/c14-10-9(26-13(21,22)23)5(3-24)11(17)25(10)8-6(15)1-4(2-7(8)16)12(18,19)20/h1-2H. The highest BCUT2D eigenvalue weighted by Gasteiger charge is 2.36. The molecule has 1 aromatic carbocycles. The van der Waals surface area contributed by atoms with E-state index in [9.17, 15) is 26.3 Å². The van der Waals surface area contributed by atoms with Crippen molar-refractivity contribution < 1.29 is 26.3 Å². The molecule has 13 heteroatoms. The van der Waals surface area contributed by atoms with E-state index in [2.05, 4.69) is 15.9 Å². The summed E-state index contributed by atoms with van der Waals surface area (Å²) in [5, 5.41) is 7.58. The summed E-state index contributed by atoms with van der Waals surface area (Å²) in [6.07, 6.45) is -4.74. The third-order valence-corrected chi connectivity index (χ3v) is 5.69. The molecule has 0 unspecified atom stereocenters. The van der Waals surface area contributed by atoms with Crippen LogP contribution >= 0.6 is 62.5 Å². The maximum absolute atomic E-state index is 12.8. The largest absolute Gasteiger partial charge is 0.446 e. The van der Waals surface area contributed by atoms with Gasteiger partial charge in [0.1, 0.15) is 21.4 Å². The molecule has 0 bridgehead atoms. The molecule has 2 aromatic rings. The van der Waals surface area contributed by atoms with Gasteiger partial charge in [0.15, 0.2) is 0 Å². The van der Waals surface area contributed by atoms with E-state index >= 15 is 0 Å². The Morgan fingerprint density at radius 2 is 1.54 bits per heavy atom. The van der Waals surface area contributed by atoms with Crippen molar-refractivity contribution >= 4 is 62.5 Å². The predicted molar refractivity (Wildman–Crippen MR) is 90.1 cm³/mol. The summed E-state index contributed by atoms with van der Waals surface area (Å²) in [5.74, 6) is 0. The Kier molecular flexibility index (Phi) is 6.10. The van der Waals surface area contributed by atoms with Gasteiger partial charge in [-0.25, -0.2) is 0 Å². The molecule has 0 saturated heterocycles. The van der Waals surface area contributed by atoms with Crippen molar-refractivity contribution in [1.82, 2.24) is 4.57 Å². The van der Waals surface area contributed by atoms with Crippen LogP contribution in [0, 0.1) is 11.3 Å². The monoisotopic (exact) mass is 516 g/mol. The van der Waals surface area contributed by atoms with E-state index in [0.29, 0.717) is 12.1 Å². The minimum Gasteiger partial charge on any atom is -0.289 e. The SMILES string of the molecule is N#Cc1c(SC(F)(F)F)c(Br)n(-c2c(Cl)cc(C(F)(F)F)cc2Cl)c1Cl. The van der Waals surface area contributed by atoms with Crippen molar-refractivity contribution in [3.05, 3.63) is 43.1 Å². The van der Waals surface area contributed by atoms with Crippen LogP contribution in [0.15, 0.2) is 21.6 Å². The molecular formula is C13H2BrCl3F6N2S. The van der Waals surface area contributed by atoms with Gasteiger partial charge in [-0.3, -0.25) is 4.57 Å². The van der Waals surface area contributed by atoms with Gasteiger partial charge in [-0.05, 0) is 39.8 Å². The molecule has 0 amide bonds. The molecule has 2 nitrogen and oxygen atoms in total. The number of halogens is 10. The number of hydrogen-bond donors (Lipinski definition) is 0. The lowest BCUT2D eigenvalue weighted by Crippen LogP contribution is -2.07. The molecule has 0 aliphatic rings. The minimum absolute atomic E-state index is 0.302. The highest BCUT2D eigenvalue weighted by atomic mass is 79.9. The van der Waals surface area contributed by atoms with Gasteiger partial charge in [-0.15, -0.1) is 0 Å². The van der Waals surface area contributed by atoms with E-state index in [-0.39, 0.29) is 10.3 Å². The first-order chi connectivity index (χ1) is 11.8. The van der Waals surface area contributed by atoms with E-state index in [0.717, 1.165) is 4.57 Å². The zero-order chi connectivity index (χ0) is 20.0. The van der Waals surface area contributed by atoms with Crippen LogP contribution in [0.2, 0.25) is 15.2 Å². The van der Waals surface area contributed by atoms with Crippen LogP contribution < -0.4 is 0 Å². The van der Waals surface area contributed by atoms with E-state index < -0.39 is 54.7 Å². The van der Waals surface area contributed by atoms with Crippen molar-refractivity contribution in [1.29, 1.82) is 5.26 Å². The van der Waals surface area contributed by atoms with E-state index in [1.54, 1.807) is 0 Å². The topological polar surface area (TPSA) is 28.7 Å². The van der Waals surface area contributed by atoms with Gasteiger partial charge >= 0.3 is 11.7 Å². The van der Waals surface area contributed by atoms with Gasteiger partial charge < -0.3 is 0 Å². The van der Waals surface area contributed by atoms with E-state index in [1.807, 2.05) is 0 Å². The summed E-state index contributed by atoms with van der Waals surface area (Å²) < 4.78 is 77.1. The lowest BCUT2D eigenvalue weighted by molar-refractivity contribution is -0.137. The molecule has 0 radical (unpaired) electrons. The molecule has 0 fully saturated rings. The number of hydrogen-bond acceptors (Lipinski definition) is 2. The predicted octanol–water partition coefficient (Wildman–Crippen LogP) is 7.70. The van der Waals surface area contributed by atoms with Crippen molar-refractivity contribution in [2.45, 2.75) is 16.6 Å². The van der Waals surface area contributed by atoms with Crippen molar-refractivity contribution in [3.8, 4) is 11.8 Å². The average Bonchev–Trinajstić information content (AvgIpc) is 2.68. The summed E-state index contributed by atoms with van der Waals surface area (Å²) >= 11 is 19.9. The third-order valence-electron chi connectivity index (χ3n) is 2.91. The van der Waals surface area contributed by atoms with Gasteiger partial charge in [0, 0.05) is 0 Å². The Balaban J connectivity index is 2.77. The van der Waals surface area contributed by atoms with Crippen LogP contribution in [-0.2, 0) is 6.18 Å². The number of thioether (sulfide) groups is 1. The quantitative estimate of drug-likeness (QED) is 0.301. The van der Waals surface area contributed by atoms with Crippen LogP contribution in [0.1, 0.15) is 11.1 Å². The highest BCUT2D eigenvalue weighted by Crippen LogP contribution is 2.48. The number of nitrogens with zero attached hydrogens (tertiary/aromatic N) is 2. The molecule has 140 valence electrons. The molecule has 1 aromatic heterocycles. The number of nitriles is 1. The fourth-order valence-electron chi connectivity index (χ4n) is 1.94. The fraction of sp³-hybridized carbons (Fsp3) is 0.154. The smallest absolute Gasteiger partial charge is 0.289 e. The van der Waals surface area contributed by atoms with Crippen molar-refractivity contribution in [2.75, 3.05) is 0 Å². The van der Waals surface area contributed by atoms with Crippen LogP contribution in [0.3, 0.4) is 0 Å². The van der Waals surface area contributed by atoms with Crippen LogP contribution in [0.5, 0.6) is 0 Å². The summed E-state index contributed by atoms with van der Waals surface area (Å²) in [6, 6.07) is 2.62. The molecule has 0 spiro atoms. The Labute approximate surface area is 169 Å². The molecule has 0 aliphatic carbocycles. The lowest BCUT2D eigenvalue weighted by Gasteiger charge is -2.15. The average molecular weight is 518 g/mol. The van der Waals surface area contributed by atoms with Crippen LogP contribution in [0.4, 0.5) is 26.3 Å². The van der Waals surface area contributed by atoms with Gasteiger partial charge in [-0.2, -0.15) is 31.6 Å². The maximum Gasteiger partial charge on any atom is 0.446 e. The van der Waals surface area contributed by atoms with Gasteiger partial charge in [0.2, 0.25) is 0 Å². The first-order valence-electron chi connectivity index (χ1n) is 6.10.